The molecule has 0 bridgehead atoms. The second kappa shape index (κ2) is 7.60. The van der Waals surface area contributed by atoms with Gasteiger partial charge in [-0.2, -0.15) is 5.10 Å². The normalized spacial score (nSPS) is 15.3. The Morgan fingerprint density at radius 3 is 2.66 bits per heavy atom. The van der Waals surface area contributed by atoms with Crippen LogP contribution >= 0.6 is 0 Å². The molecule has 0 fully saturated rings. The van der Waals surface area contributed by atoms with E-state index in [1.54, 1.807) is 29.4 Å². The molecule has 0 saturated carbocycles. The fourth-order valence-corrected chi connectivity index (χ4v) is 4.39. The van der Waals surface area contributed by atoms with Gasteiger partial charge in [0.05, 0.1) is 6.04 Å². The summed E-state index contributed by atoms with van der Waals surface area (Å²) >= 11 is 0. The van der Waals surface area contributed by atoms with Crippen LogP contribution in [0.4, 0.5) is 4.39 Å². The number of pyridine rings is 1. The molecule has 1 aliphatic rings. The molecule has 0 unspecified atom stereocenters. The van der Waals surface area contributed by atoms with Crippen LogP contribution in [0.3, 0.4) is 0 Å². The second-order valence-electron chi connectivity index (χ2n) is 8.09. The summed E-state index contributed by atoms with van der Waals surface area (Å²) in [5.74, 6) is -0.432. The predicted octanol–water partition coefficient (Wildman–Crippen LogP) is 4.68. The first kappa shape index (κ1) is 19.9. The highest BCUT2D eigenvalue weighted by atomic mass is 19.1. The molecule has 0 spiro atoms. The smallest absolute Gasteiger partial charge is 0.273 e. The number of rotatable bonds is 4. The molecule has 1 amide bonds. The number of aromatic nitrogens is 3. The number of hydrogen-bond acceptors (Lipinski definition) is 4. The number of aromatic hydroxyl groups is 1. The monoisotopic (exact) mass is 428 g/mol. The molecule has 0 saturated heterocycles. The van der Waals surface area contributed by atoms with Gasteiger partial charge in [0.1, 0.15) is 23.0 Å². The molecule has 6 nitrogen and oxygen atoms in total. The van der Waals surface area contributed by atoms with Crippen LogP contribution in [0.2, 0.25) is 0 Å². The number of halogens is 1. The Morgan fingerprint density at radius 2 is 1.94 bits per heavy atom. The van der Waals surface area contributed by atoms with Gasteiger partial charge in [0.25, 0.3) is 5.91 Å². The lowest BCUT2D eigenvalue weighted by Crippen LogP contribution is -2.29. The number of phenolic OH excluding ortho intramolecular Hbond substituents is 1. The van der Waals surface area contributed by atoms with Crippen molar-refractivity contribution in [3.8, 4) is 17.0 Å². The van der Waals surface area contributed by atoms with Crippen molar-refractivity contribution in [1.82, 2.24) is 20.1 Å². The maximum Gasteiger partial charge on any atom is 0.273 e. The number of nitrogens with one attached hydrogen (secondary N) is 1. The van der Waals surface area contributed by atoms with E-state index in [0.29, 0.717) is 29.1 Å². The molecular formula is C25H21FN4O2. The highest BCUT2D eigenvalue weighted by Gasteiger charge is 2.42. The van der Waals surface area contributed by atoms with Gasteiger partial charge in [-0.1, -0.05) is 24.3 Å². The van der Waals surface area contributed by atoms with Gasteiger partial charge in [0.2, 0.25) is 0 Å². The van der Waals surface area contributed by atoms with E-state index in [1.165, 1.54) is 12.1 Å². The lowest BCUT2D eigenvalue weighted by Gasteiger charge is -2.26. The molecule has 32 heavy (non-hydrogen) atoms. The van der Waals surface area contributed by atoms with Crippen LogP contribution < -0.4 is 0 Å². The maximum atomic E-state index is 13.7. The lowest BCUT2D eigenvalue weighted by atomic mass is 9.94. The molecule has 1 aliphatic heterocycles. The van der Waals surface area contributed by atoms with Crippen LogP contribution in [0, 0.1) is 19.7 Å². The summed E-state index contributed by atoms with van der Waals surface area (Å²) in [4.78, 5) is 19.3. The SMILES string of the molecule is Cc1cc(C)c(O)c(-c2n[nH]c3c2[C@@H](c2ccc(F)cc2)N(Cc2cccnc2)C3=O)c1. The number of fused-ring (bicyclic) bond motifs is 1. The molecule has 1 atom stereocenters. The first-order valence-corrected chi connectivity index (χ1v) is 10.3. The predicted molar refractivity (Wildman–Crippen MR) is 118 cm³/mol. The van der Waals surface area contributed by atoms with Gasteiger partial charge in [-0.25, -0.2) is 4.39 Å². The van der Waals surface area contributed by atoms with Gasteiger partial charge in [-0.05, 0) is 60.4 Å². The topological polar surface area (TPSA) is 82.1 Å². The second-order valence-corrected chi connectivity index (χ2v) is 8.09. The largest absolute Gasteiger partial charge is 0.507 e. The van der Waals surface area contributed by atoms with E-state index >= 15 is 0 Å². The molecule has 3 heterocycles. The number of benzene rings is 2. The standard InChI is InChI=1S/C25H21FN4O2/c1-14-10-15(2)24(31)19(11-14)21-20-22(29-28-21)25(32)30(13-16-4-3-9-27-12-16)23(20)17-5-7-18(26)8-6-17/h3-12,23,31H,13H2,1-2H3,(H,28,29)/t23-/m1/s1. The summed E-state index contributed by atoms with van der Waals surface area (Å²) in [6.07, 6.45) is 3.40. The first-order valence-electron chi connectivity index (χ1n) is 10.3. The molecule has 4 aromatic rings. The van der Waals surface area contributed by atoms with E-state index < -0.39 is 6.04 Å². The van der Waals surface area contributed by atoms with E-state index in [1.807, 2.05) is 38.1 Å². The third kappa shape index (κ3) is 3.22. The Kier molecular flexibility index (Phi) is 4.74. The number of nitrogens with zero attached hydrogens (tertiary/aromatic N) is 3. The van der Waals surface area contributed by atoms with Gasteiger partial charge in [0, 0.05) is 30.1 Å². The number of carbonyl (C=O) groups excluding carboxylic acids is 1. The molecular weight excluding hydrogens is 407 g/mol. The first-order chi connectivity index (χ1) is 15.4. The van der Waals surface area contributed by atoms with Crippen LogP contribution in [0.5, 0.6) is 5.75 Å². The van der Waals surface area contributed by atoms with Gasteiger partial charge >= 0.3 is 0 Å². The Labute approximate surface area is 184 Å². The minimum atomic E-state index is -0.493. The van der Waals surface area contributed by atoms with Crippen LogP contribution in [0.25, 0.3) is 11.3 Å². The summed E-state index contributed by atoms with van der Waals surface area (Å²) in [6, 6.07) is 13.1. The van der Waals surface area contributed by atoms with Crippen molar-refractivity contribution in [1.29, 1.82) is 0 Å². The highest BCUT2D eigenvalue weighted by molar-refractivity contribution is 6.00. The van der Waals surface area contributed by atoms with E-state index in [4.69, 9.17) is 0 Å². The van der Waals surface area contributed by atoms with E-state index in [0.717, 1.165) is 22.3 Å². The molecule has 2 aromatic carbocycles. The number of aromatic amines is 1. The van der Waals surface area contributed by atoms with E-state index in [9.17, 15) is 14.3 Å². The number of aryl methyl sites for hydroxylation is 2. The van der Waals surface area contributed by atoms with Crippen molar-refractivity contribution in [2.75, 3.05) is 0 Å². The van der Waals surface area contributed by atoms with Gasteiger partial charge in [-0.3, -0.25) is 14.9 Å². The Morgan fingerprint density at radius 1 is 1.16 bits per heavy atom. The summed E-state index contributed by atoms with van der Waals surface area (Å²) < 4.78 is 13.7. The van der Waals surface area contributed by atoms with Crippen molar-refractivity contribution in [3.05, 3.63) is 100 Å². The third-order valence-corrected chi connectivity index (χ3v) is 5.83. The van der Waals surface area contributed by atoms with Crippen LogP contribution in [0.15, 0.2) is 60.9 Å². The molecule has 2 N–H and O–H groups in total. The molecule has 5 rings (SSSR count). The minimum absolute atomic E-state index is 0.126. The molecule has 0 aliphatic carbocycles. The number of carbonyl (C=O) groups is 1. The lowest BCUT2D eigenvalue weighted by molar-refractivity contribution is 0.0730. The fraction of sp³-hybridized carbons (Fsp3) is 0.160. The van der Waals surface area contributed by atoms with Gasteiger partial charge in [0.15, 0.2) is 0 Å². The average molecular weight is 428 g/mol. The van der Waals surface area contributed by atoms with Crippen LogP contribution in [-0.2, 0) is 6.54 Å². The molecule has 160 valence electrons. The van der Waals surface area contributed by atoms with Crippen molar-refractivity contribution in [2.24, 2.45) is 0 Å². The van der Waals surface area contributed by atoms with Crippen molar-refractivity contribution in [2.45, 2.75) is 26.4 Å². The van der Waals surface area contributed by atoms with E-state index in [2.05, 4.69) is 15.2 Å². The zero-order valence-corrected chi connectivity index (χ0v) is 17.6. The number of amides is 1. The quantitative estimate of drug-likeness (QED) is 0.495. The number of H-pyrrole nitrogens is 1. The summed E-state index contributed by atoms with van der Waals surface area (Å²) in [5.41, 5.74) is 5.45. The summed E-state index contributed by atoms with van der Waals surface area (Å²) in [6.45, 7) is 4.10. The number of phenols is 1. The Bertz CT molecular complexity index is 1320. The van der Waals surface area contributed by atoms with Crippen molar-refractivity contribution in [3.63, 3.8) is 0 Å². The van der Waals surface area contributed by atoms with Crippen LogP contribution in [-0.4, -0.2) is 31.1 Å². The van der Waals surface area contributed by atoms with Crippen LogP contribution in [0.1, 0.15) is 44.3 Å². The summed E-state index contributed by atoms with van der Waals surface area (Å²) in [5, 5.41) is 18.1. The average Bonchev–Trinajstić information content (AvgIpc) is 3.32. The molecule has 0 radical (unpaired) electrons. The zero-order chi connectivity index (χ0) is 22.4. The molecule has 7 heteroatoms. The maximum absolute atomic E-state index is 13.7. The summed E-state index contributed by atoms with van der Waals surface area (Å²) in [7, 11) is 0. The van der Waals surface area contributed by atoms with Crippen molar-refractivity contribution < 1.29 is 14.3 Å². The molecule has 2 aromatic heterocycles. The van der Waals surface area contributed by atoms with Gasteiger partial charge < -0.3 is 10.0 Å². The Hall–Kier alpha value is -4.00. The zero-order valence-electron chi connectivity index (χ0n) is 17.6. The number of hydrogen-bond donors (Lipinski definition) is 2. The fourth-order valence-electron chi connectivity index (χ4n) is 4.39. The minimum Gasteiger partial charge on any atom is -0.507 e. The van der Waals surface area contributed by atoms with Crippen molar-refractivity contribution >= 4 is 5.91 Å². The van der Waals surface area contributed by atoms with Gasteiger partial charge in [-0.15, -0.1) is 0 Å². The third-order valence-electron chi connectivity index (χ3n) is 5.83. The van der Waals surface area contributed by atoms with E-state index in [-0.39, 0.29) is 17.5 Å². The highest BCUT2D eigenvalue weighted by Crippen LogP contribution is 2.45. The Balaban J connectivity index is 1.69.